The molecule has 0 atom stereocenters. The number of hydrogen-bond donors (Lipinski definition) is 2. The lowest BCUT2D eigenvalue weighted by atomic mass is 10.0. The lowest BCUT2D eigenvalue weighted by molar-refractivity contribution is -0.120. The minimum absolute atomic E-state index is 0.0590. The number of amides is 1. The van der Waals surface area contributed by atoms with Crippen LogP contribution in [0.25, 0.3) is 42.3 Å². The topological polar surface area (TPSA) is 97.8 Å². The Morgan fingerprint density at radius 2 is 1.70 bits per heavy atom. The number of carbonyl (C=O) groups excluding carboxylic acids is 1. The van der Waals surface area contributed by atoms with Gasteiger partial charge in [0.1, 0.15) is 5.58 Å². The molecule has 1 amide bonds. The number of rotatable bonds is 4. The van der Waals surface area contributed by atoms with Gasteiger partial charge in [0.05, 0.1) is 24.1 Å². The Morgan fingerprint density at radius 1 is 0.973 bits per heavy atom. The van der Waals surface area contributed by atoms with E-state index >= 15 is 0 Å². The number of carbonyl (C=O) groups is 1. The van der Waals surface area contributed by atoms with Gasteiger partial charge in [0.15, 0.2) is 11.3 Å². The molecule has 1 saturated heterocycles. The second kappa shape index (κ2) is 8.99. The number of benzene rings is 3. The summed E-state index contributed by atoms with van der Waals surface area (Å²) in [6.45, 7) is 5.94. The summed E-state index contributed by atoms with van der Waals surface area (Å²) in [5, 5.41) is 5.60. The standard InChI is InChI=1S/C29H27N3O4S/c1-29(2,30)28(34)31-17-9-10-24-22(15-17)20-7-4-6-19(27(20)37-24)18-5-3-8-21-23(33)16-25(36-26(18)21)32-11-13-35-14-12-32/h3-10,15-16H,11-14,30H2,1-2H3,(H,31,34). The van der Waals surface area contributed by atoms with Gasteiger partial charge in [-0.25, -0.2) is 0 Å². The highest BCUT2D eigenvalue weighted by molar-refractivity contribution is 7.26. The van der Waals surface area contributed by atoms with E-state index in [1.54, 1.807) is 31.3 Å². The minimum Gasteiger partial charge on any atom is -0.440 e. The van der Waals surface area contributed by atoms with Crippen molar-refractivity contribution in [1.29, 1.82) is 0 Å². The van der Waals surface area contributed by atoms with Crippen molar-refractivity contribution in [3.63, 3.8) is 0 Å². The van der Waals surface area contributed by atoms with Crippen molar-refractivity contribution in [1.82, 2.24) is 0 Å². The zero-order chi connectivity index (χ0) is 25.7. The van der Waals surface area contributed by atoms with Crippen molar-refractivity contribution in [3.05, 3.63) is 70.9 Å². The number of nitrogens with two attached hydrogens (primary N) is 1. The number of nitrogens with zero attached hydrogens (tertiary/aromatic N) is 1. The molecule has 3 heterocycles. The molecule has 37 heavy (non-hydrogen) atoms. The van der Waals surface area contributed by atoms with Crippen LogP contribution in [0.4, 0.5) is 11.6 Å². The molecule has 3 N–H and O–H groups in total. The monoisotopic (exact) mass is 513 g/mol. The number of fused-ring (bicyclic) bond motifs is 4. The van der Waals surface area contributed by atoms with Crippen LogP contribution in [0.3, 0.4) is 0 Å². The molecule has 1 aliphatic heterocycles. The van der Waals surface area contributed by atoms with E-state index in [1.807, 2.05) is 42.5 Å². The van der Waals surface area contributed by atoms with Gasteiger partial charge in [0.2, 0.25) is 5.91 Å². The molecule has 0 unspecified atom stereocenters. The van der Waals surface area contributed by atoms with Crippen LogP contribution in [0.1, 0.15) is 13.8 Å². The zero-order valence-corrected chi connectivity index (χ0v) is 21.5. The van der Waals surface area contributed by atoms with Gasteiger partial charge < -0.3 is 25.1 Å². The minimum atomic E-state index is -0.975. The number of thiophene rings is 1. The number of ether oxygens (including phenoxy) is 1. The first-order valence-electron chi connectivity index (χ1n) is 12.3. The summed E-state index contributed by atoms with van der Waals surface area (Å²) in [5.41, 5.74) is 8.08. The highest BCUT2D eigenvalue weighted by Gasteiger charge is 2.22. The summed E-state index contributed by atoms with van der Waals surface area (Å²) in [6, 6.07) is 19.4. The van der Waals surface area contributed by atoms with Gasteiger partial charge in [-0.2, -0.15) is 0 Å². The molecule has 0 saturated carbocycles. The molecular weight excluding hydrogens is 486 g/mol. The summed E-state index contributed by atoms with van der Waals surface area (Å²) in [5.74, 6) is 0.328. The van der Waals surface area contributed by atoms with Crippen LogP contribution in [-0.2, 0) is 9.53 Å². The molecule has 1 fully saturated rings. The fourth-order valence-corrected chi connectivity index (χ4v) is 5.91. The van der Waals surface area contributed by atoms with Gasteiger partial charge in [-0.05, 0) is 38.1 Å². The van der Waals surface area contributed by atoms with Crippen LogP contribution < -0.4 is 21.4 Å². The van der Waals surface area contributed by atoms with Crippen molar-refractivity contribution in [2.45, 2.75) is 19.4 Å². The Morgan fingerprint density at radius 3 is 2.46 bits per heavy atom. The average molecular weight is 514 g/mol. The maximum absolute atomic E-state index is 13.1. The van der Waals surface area contributed by atoms with E-state index in [2.05, 4.69) is 22.3 Å². The lowest BCUT2D eigenvalue weighted by Crippen LogP contribution is -2.45. The number of morpholine rings is 1. The van der Waals surface area contributed by atoms with Crippen molar-refractivity contribution in [2.75, 3.05) is 36.5 Å². The average Bonchev–Trinajstić information content (AvgIpc) is 3.26. The molecule has 1 aliphatic rings. The summed E-state index contributed by atoms with van der Waals surface area (Å²) < 4.78 is 14.1. The summed E-state index contributed by atoms with van der Waals surface area (Å²) in [7, 11) is 0. The van der Waals surface area contributed by atoms with Crippen molar-refractivity contribution >= 4 is 60.0 Å². The molecule has 0 spiro atoms. The summed E-state index contributed by atoms with van der Waals surface area (Å²) in [4.78, 5) is 27.5. The summed E-state index contributed by atoms with van der Waals surface area (Å²) >= 11 is 1.68. The third kappa shape index (κ3) is 4.27. The quantitative estimate of drug-likeness (QED) is 0.337. The SMILES string of the molecule is CC(C)(N)C(=O)Nc1ccc2sc3c(-c4cccc5c(=O)cc(N6CCOCC6)oc45)cccc3c2c1. The Balaban J connectivity index is 1.50. The van der Waals surface area contributed by atoms with E-state index in [0.717, 1.165) is 31.3 Å². The summed E-state index contributed by atoms with van der Waals surface area (Å²) in [6.07, 6.45) is 0. The molecule has 188 valence electrons. The lowest BCUT2D eigenvalue weighted by Gasteiger charge is -2.27. The second-order valence-corrected chi connectivity index (χ2v) is 11.0. The van der Waals surface area contributed by atoms with E-state index < -0.39 is 5.54 Å². The number of anilines is 2. The Kier molecular flexibility index (Phi) is 5.75. The molecule has 2 aromatic heterocycles. The normalized spacial score (nSPS) is 14.5. The van der Waals surface area contributed by atoms with E-state index in [-0.39, 0.29) is 11.3 Å². The third-order valence-corrected chi connectivity index (χ3v) is 7.91. The van der Waals surface area contributed by atoms with Crippen LogP contribution in [-0.4, -0.2) is 37.7 Å². The predicted octanol–water partition coefficient (Wildman–Crippen LogP) is 5.34. The molecule has 0 bridgehead atoms. The molecule has 6 rings (SSSR count). The number of nitrogens with one attached hydrogen (secondary N) is 1. The van der Waals surface area contributed by atoms with Crippen molar-refractivity contribution < 1.29 is 13.9 Å². The first-order chi connectivity index (χ1) is 17.8. The van der Waals surface area contributed by atoms with Gasteiger partial charge in [-0.15, -0.1) is 11.3 Å². The number of para-hydroxylation sites is 1. The van der Waals surface area contributed by atoms with Gasteiger partial charge in [-0.3, -0.25) is 9.59 Å². The third-order valence-electron chi connectivity index (χ3n) is 6.69. The largest absolute Gasteiger partial charge is 0.440 e. The van der Waals surface area contributed by atoms with E-state index in [0.29, 0.717) is 48.8 Å². The first kappa shape index (κ1) is 23.7. The highest BCUT2D eigenvalue weighted by atomic mass is 32.1. The van der Waals surface area contributed by atoms with Gasteiger partial charge >= 0.3 is 0 Å². The molecule has 7 nitrogen and oxygen atoms in total. The Bertz CT molecular complexity index is 1730. The Labute approximate surface area is 217 Å². The van der Waals surface area contributed by atoms with E-state index in [4.69, 9.17) is 14.9 Å². The molecular formula is C29H27N3O4S. The smallest absolute Gasteiger partial charge is 0.243 e. The number of hydrogen-bond acceptors (Lipinski definition) is 7. The van der Waals surface area contributed by atoms with Gasteiger partial charge in [0.25, 0.3) is 0 Å². The first-order valence-corrected chi connectivity index (χ1v) is 13.1. The van der Waals surface area contributed by atoms with Crippen molar-refractivity contribution in [2.24, 2.45) is 5.73 Å². The van der Waals surface area contributed by atoms with Crippen molar-refractivity contribution in [3.8, 4) is 11.1 Å². The molecule has 3 aromatic carbocycles. The molecule has 8 heteroatoms. The predicted molar refractivity (Wildman–Crippen MR) is 151 cm³/mol. The maximum atomic E-state index is 13.1. The molecule has 0 radical (unpaired) electrons. The maximum Gasteiger partial charge on any atom is 0.243 e. The molecule has 0 aliphatic carbocycles. The van der Waals surface area contributed by atoms with Gasteiger partial charge in [0, 0.05) is 56.1 Å². The van der Waals surface area contributed by atoms with Crippen LogP contribution in [0.15, 0.2) is 69.9 Å². The van der Waals surface area contributed by atoms with Gasteiger partial charge in [-0.1, -0.05) is 30.3 Å². The fraction of sp³-hybridized carbons (Fsp3) is 0.241. The molecule has 5 aromatic rings. The zero-order valence-electron chi connectivity index (χ0n) is 20.7. The Hall–Kier alpha value is -3.72. The van der Waals surface area contributed by atoms with Crippen LogP contribution in [0.2, 0.25) is 0 Å². The highest BCUT2D eigenvalue weighted by Crippen LogP contribution is 2.42. The van der Waals surface area contributed by atoms with Crippen LogP contribution in [0, 0.1) is 0 Å². The van der Waals surface area contributed by atoms with E-state index in [1.165, 1.54) is 0 Å². The fourth-order valence-electron chi connectivity index (χ4n) is 4.70. The second-order valence-electron chi connectivity index (χ2n) is 9.90. The van der Waals surface area contributed by atoms with Crippen LogP contribution in [0.5, 0.6) is 0 Å². The van der Waals surface area contributed by atoms with Crippen LogP contribution >= 0.6 is 11.3 Å². The van der Waals surface area contributed by atoms with E-state index in [9.17, 15) is 9.59 Å².